The molecule has 1 heterocycles. The number of nitrogens with one attached hydrogen (secondary N) is 1. The van der Waals surface area contributed by atoms with Crippen LogP contribution in [0, 0.1) is 0 Å². The number of hydrogen-bond acceptors (Lipinski definition) is 4. The molecule has 2 rings (SSSR count). The maximum absolute atomic E-state index is 12.4. The van der Waals surface area contributed by atoms with E-state index in [4.69, 9.17) is 4.74 Å². The van der Waals surface area contributed by atoms with Crippen molar-refractivity contribution in [2.24, 2.45) is 0 Å². The van der Waals surface area contributed by atoms with Gasteiger partial charge in [-0.05, 0) is 38.5 Å². The molecule has 0 spiro atoms. The number of nitrogens with zero attached hydrogens (tertiary/aromatic N) is 2. The summed E-state index contributed by atoms with van der Waals surface area (Å²) in [6, 6.07) is 7.66. The Bertz CT molecular complexity index is 750. The Morgan fingerprint density at radius 3 is 2.32 bits per heavy atom. The number of benzene rings is 1. The standard InChI is InChI=1S/C20H26BrN3O4/c1-20(2,3)28-19(27)22-14-18(26)24-12-10-23(11-13-24)17(25)9-8-15-6-4-5-7-16(15)21/h4-9H,10-14H2,1-3H3,(H,22,27)/b9-8+. The van der Waals surface area contributed by atoms with E-state index in [1.807, 2.05) is 24.3 Å². The van der Waals surface area contributed by atoms with Crippen LogP contribution in [0.4, 0.5) is 4.79 Å². The zero-order valence-corrected chi connectivity index (χ0v) is 18.0. The van der Waals surface area contributed by atoms with E-state index < -0.39 is 11.7 Å². The Balaban J connectivity index is 1.77. The lowest BCUT2D eigenvalue weighted by Crippen LogP contribution is -2.52. The van der Waals surface area contributed by atoms with Gasteiger partial charge in [-0.3, -0.25) is 9.59 Å². The molecule has 1 fully saturated rings. The number of piperazine rings is 1. The lowest BCUT2D eigenvalue weighted by Gasteiger charge is -2.34. The van der Waals surface area contributed by atoms with Crippen LogP contribution < -0.4 is 5.32 Å². The topological polar surface area (TPSA) is 79.0 Å². The van der Waals surface area contributed by atoms with E-state index in [1.165, 1.54) is 0 Å². The Morgan fingerprint density at radius 2 is 1.71 bits per heavy atom. The number of hydrogen-bond donors (Lipinski definition) is 1. The predicted molar refractivity (Wildman–Crippen MR) is 111 cm³/mol. The van der Waals surface area contributed by atoms with Crippen LogP contribution in [0.25, 0.3) is 6.08 Å². The highest BCUT2D eigenvalue weighted by Gasteiger charge is 2.24. The van der Waals surface area contributed by atoms with Gasteiger partial charge in [-0.25, -0.2) is 4.79 Å². The molecule has 152 valence electrons. The molecule has 1 N–H and O–H groups in total. The first kappa shape index (κ1) is 21.9. The van der Waals surface area contributed by atoms with E-state index >= 15 is 0 Å². The van der Waals surface area contributed by atoms with Crippen molar-refractivity contribution in [3.63, 3.8) is 0 Å². The maximum atomic E-state index is 12.4. The normalized spacial score (nSPS) is 14.9. The van der Waals surface area contributed by atoms with Gasteiger partial charge in [0.1, 0.15) is 12.1 Å². The number of rotatable bonds is 4. The maximum Gasteiger partial charge on any atom is 0.408 e. The third-order valence-corrected chi connectivity index (χ3v) is 4.76. The summed E-state index contributed by atoms with van der Waals surface area (Å²) in [7, 11) is 0. The smallest absolute Gasteiger partial charge is 0.408 e. The number of halogens is 1. The minimum absolute atomic E-state index is 0.0882. The van der Waals surface area contributed by atoms with Crippen LogP contribution in [0.1, 0.15) is 26.3 Å². The Hall–Kier alpha value is -2.35. The fourth-order valence-corrected chi connectivity index (χ4v) is 3.04. The second kappa shape index (κ2) is 9.73. The van der Waals surface area contributed by atoms with Gasteiger partial charge in [-0.15, -0.1) is 0 Å². The molecule has 7 nitrogen and oxygen atoms in total. The van der Waals surface area contributed by atoms with Gasteiger partial charge in [-0.2, -0.15) is 0 Å². The number of carbonyl (C=O) groups excluding carboxylic acids is 3. The van der Waals surface area contributed by atoms with E-state index in [9.17, 15) is 14.4 Å². The van der Waals surface area contributed by atoms with Crippen molar-refractivity contribution >= 4 is 39.9 Å². The van der Waals surface area contributed by atoms with Crippen molar-refractivity contribution in [2.75, 3.05) is 32.7 Å². The quantitative estimate of drug-likeness (QED) is 0.713. The van der Waals surface area contributed by atoms with Crippen LogP contribution >= 0.6 is 15.9 Å². The highest BCUT2D eigenvalue weighted by atomic mass is 79.9. The van der Waals surface area contributed by atoms with Crippen LogP contribution in [0.2, 0.25) is 0 Å². The highest BCUT2D eigenvalue weighted by molar-refractivity contribution is 9.10. The zero-order chi connectivity index (χ0) is 20.7. The van der Waals surface area contributed by atoms with Crippen molar-refractivity contribution in [1.82, 2.24) is 15.1 Å². The SMILES string of the molecule is CC(C)(C)OC(=O)NCC(=O)N1CCN(C(=O)/C=C/c2ccccc2Br)CC1. The molecule has 0 saturated carbocycles. The summed E-state index contributed by atoms with van der Waals surface area (Å²) in [5.41, 5.74) is 0.319. The second-order valence-corrected chi connectivity index (χ2v) is 8.27. The molecule has 28 heavy (non-hydrogen) atoms. The van der Waals surface area contributed by atoms with Crippen LogP contribution in [0.5, 0.6) is 0 Å². The summed E-state index contributed by atoms with van der Waals surface area (Å²) >= 11 is 3.45. The molecule has 1 aliphatic rings. The molecule has 0 aromatic heterocycles. The first-order valence-electron chi connectivity index (χ1n) is 9.12. The minimum Gasteiger partial charge on any atom is -0.444 e. The van der Waals surface area contributed by atoms with E-state index in [-0.39, 0.29) is 18.4 Å². The molecular formula is C20H26BrN3O4. The van der Waals surface area contributed by atoms with Crippen molar-refractivity contribution in [3.05, 3.63) is 40.4 Å². The highest BCUT2D eigenvalue weighted by Crippen LogP contribution is 2.17. The fourth-order valence-electron chi connectivity index (χ4n) is 2.63. The summed E-state index contributed by atoms with van der Waals surface area (Å²) in [6.45, 7) is 6.94. The van der Waals surface area contributed by atoms with E-state index in [2.05, 4.69) is 21.2 Å². The third kappa shape index (κ3) is 6.99. The van der Waals surface area contributed by atoms with Crippen molar-refractivity contribution in [1.29, 1.82) is 0 Å². The van der Waals surface area contributed by atoms with Crippen LogP contribution in [-0.2, 0) is 14.3 Å². The van der Waals surface area contributed by atoms with Crippen LogP contribution in [0.3, 0.4) is 0 Å². The zero-order valence-electron chi connectivity index (χ0n) is 16.4. The molecular weight excluding hydrogens is 426 g/mol. The number of alkyl carbamates (subject to hydrolysis) is 1. The van der Waals surface area contributed by atoms with Gasteiger partial charge >= 0.3 is 6.09 Å². The summed E-state index contributed by atoms with van der Waals surface area (Å²) < 4.78 is 6.03. The first-order valence-corrected chi connectivity index (χ1v) is 9.91. The number of amides is 3. The van der Waals surface area contributed by atoms with Crippen LogP contribution in [0.15, 0.2) is 34.8 Å². The van der Waals surface area contributed by atoms with E-state index in [0.29, 0.717) is 26.2 Å². The van der Waals surface area contributed by atoms with Crippen LogP contribution in [-0.4, -0.2) is 66.0 Å². The summed E-state index contributed by atoms with van der Waals surface area (Å²) in [5, 5.41) is 2.47. The fraction of sp³-hybridized carbons (Fsp3) is 0.450. The summed E-state index contributed by atoms with van der Waals surface area (Å²) in [4.78, 5) is 39.6. The third-order valence-electron chi connectivity index (χ3n) is 4.04. The van der Waals surface area contributed by atoms with E-state index in [1.54, 1.807) is 42.7 Å². The van der Waals surface area contributed by atoms with E-state index in [0.717, 1.165) is 10.0 Å². The number of ether oxygens (including phenoxy) is 1. The molecule has 1 aliphatic heterocycles. The molecule has 0 bridgehead atoms. The van der Waals surface area contributed by atoms with Gasteiger partial charge in [0, 0.05) is 36.7 Å². The Labute approximate surface area is 173 Å². The van der Waals surface area contributed by atoms with Gasteiger partial charge in [0.15, 0.2) is 0 Å². The van der Waals surface area contributed by atoms with Gasteiger partial charge in [-0.1, -0.05) is 34.1 Å². The van der Waals surface area contributed by atoms with Gasteiger partial charge in [0.2, 0.25) is 11.8 Å². The van der Waals surface area contributed by atoms with Crippen molar-refractivity contribution < 1.29 is 19.1 Å². The van der Waals surface area contributed by atoms with Gasteiger partial charge in [0.05, 0.1) is 0 Å². The Kier molecular flexibility index (Phi) is 7.62. The minimum atomic E-state index is -0.619. The average molecular weight is 452 g/mol. The molecule has 0 radical (unpaired) electrons. The first-order chi connectivity index (χ1) is 13.2. The largest absolute Gasteiger partial charge is 0.444 e. The Morgan fingerprint density at radius 1 is 1.11 bits per heavy atom. The van der Waals surface area contributed by atoms with Crippen molar-refractivity contribution in [2.45, 2.75) is 26.4 Å². The average Bonchev–Trinajstić information content (AvgIpc) is 2.64. The second-order valence-electron chi connectivity index (χ2n) is 7.42. The van der Waals surface area contributed by atoms with Gasteiger partial charge in [0.25, 0.3) is 0 Å². The molecule has 1 saturated heterocycles. The molecule has 1 aromatic rings. The van der Waals surface area contributed by atoms with Crippen molar-refractivity contribution in [3.8, 4) is 0 Å². The summed E-state index contributed by atoms with van der Waals surface area (Å²) in [5.74, 6) is -0.281. The molecule has 8 heteroatoms. The molecule has 3 amide bonds. The molecule has 0 unspecified atom stereocenters. The monoisotopic (exact) mass is 451 g/mol. The lowest BCUT2D eigenvalue weighted by atomic mass is 10.2. The predicted octanol–water partition coefficient (Wildman–Crippen LogP) is 2.66. The van der Waals surface area contributed by atoms with Gasteiger partial charge < -0.3 is 19.9 Å². The molecule has 0 atom stereocenters. The number of carbonyl (C=O) groups is 3. The molecule has 1 aromatic carbocycles. The molecule has 0 aliphatic carbocycles. The summed E-state index contributed by atoms with van der Waals surface area (Å²) in [6.07, 6.45) is 2.70. The lowest BCUT2D eigenvalue weighted by molar-refractivity contribution is -0.136.